The van der Waals surface area contributed by atoms with E-state index < -0.39 is 11.9 Å². The molecule has 1 aliphatic heterocycles. The van der Waals surface area contributed by atoms with Crippen LogP contribution in [-0.2, 0) is 9.59 Å². The van der Waals surface area contributed by atoms with Gasteiger partial charge in [-0.15, -0.1) is 0 Å². The van der Waals surface area contributed by atoms with Crippen molar-refractivity contribution >= 4 is 23.6 Å². The summed E-state index contributed by atoms with van der Waals surface area (Å²) in [4.78, 5) is 24.7. The molecule has 2 aromatic rings. The maximum Gasteiger partial charge on any atom is 0.305 e. The second-order valence-corrected chi connectivity index (χ2v) is 4.69. The molecule has 0 saturated heterocycles. The number of fused-ring (bicyclic) bond motifs is 1. The highest BCUT2D eigenvalue weighted by Crippen LogP contribution is 2.35. The second kappa shape index (κ2) is 5.77. The molecule has 22 heavy (non-hydrogen) atoms. The van der Waals surface area contributed by atoms with E-state index in [1.165, 1.54) is 17.2 Å². The molecule has 6 nitrogen and oxygen atoms in total. The Hall–Kier alpha value is -3.02. The summed E-state index contributed by atoms with van der Waals surface area (Å²) in [6.07, 6.45) is 2.84. The third kappa shape index (κ3) is 2.71. The number of carbonyl (C=O) groups excluding carboxylic acids is 1. The van der Waals surface area contributed by atoms with Crippen LogP contribution in [0.25, 0.3) is 6.08 Å². The van der Waals surface area contributed by atoms with Gasteiger partial charge >= 0.3 is 5.97 Å². The zero-order valence-corrected chi connectivity index (χ0v) is 11.6. The van der Waals surface area contributed by atoms with Crippen molar-refractivity contribution in [3.8, 4) is 5.75 Å². The monoisotopic (exact) mass is 299 g/mol. The van der Waals surface area contributed by atoms with Crippen LogP contribution in [0.4, 0.5) is 5.69 Å². The van der Waals surface area contributed by atoms with Gasteiger partial charge in [-0.05, 0) is 24.3 Å². The Balaban J connectivity index is 1.97. The van der Waals surface area contributed by atoms with E-state index in [0.717, 1.165) is 0 Å². The molecule has 1 amide bonds. The maximum atomic E-state index is 12.5. The van der Waals surface area contributed by atoms with Gasteiger partial charge in [0.05, 0.1) is 18.4 Å². The average Bonchev–Trinajstić information content (AvgIpc) is 3.00. The minimum Gasteiger partial charge on any atom is -0.481 e. The lowest BCUT2D eigenvalue weighted by atomic mass is 10.2. The molecule has 112 valence electrons. The molecule has 1 aromatic heterocycles. The molecule has 6 heteroatoms. The number of amides is 1. The highest BCUT2D eigenvalue weighted by Gasteiger charge is 2.30. The number of carbonyl (C=O) groups is 2. The lowest BCUT2D eigenvalue weighted by Crippen LogP contribution is -2.38. The normalized spacial score (nSPS) is 15.5. The van der Waals surface area contributed by atoms with E-state index >= 15 is 0 Å². The van der Waals surface area contributed by atoms with Gasteiger partial charge in [-0.25, -0.2) is 0 Å². The predicted octanol–water partition coefficient (Wildman–Crippen LogP) is 2.52. The van der Waals surface area contributed by atoms with Gasteiger partial charge in [0.1, 0.15) is 5.76 Å². The summed E-state index contributed by atoms with van der Waals surface area (Å²) >= 11 is 0. The highest BCUT2D eigenvalue weighted by molar-refractivity contribution is 6.09. The Morgan fingerprint density at radius 3 is 2.77 bits per heavy atom. The molecule has 0 bridgehead atoms. The summed E-state index contributed by atoms with van der Waals surface area (Å²) < 4.78 is 10.8. The molecule has 1 aromatic carbocycles. The first-order chi connectivity index (χ1) is 10.6. The van der Waals surface area contributed by atoms with E-state index in [1.54, 1.807) is 36.4 Å². The Bertz CT molecular complexity index is 733. The third-order valence-electron chi connectivity index (χ3n) is 3.20. The summed E-state index contributed by atoms with van der Waals surface area (Å²) in [6, 6.07) is 10.4. The molecule has 0 spiro atoms. The van der Waals surface area contributed by atoms with Crippen LogP contribution in [0, 0.1) is 0 Å². The number of aliphatic carboxylic acids is 1. The van der Waals surface area contributed by atoms with Crippen LogP contribution in [0.2, 0.25) is 0 Å². The van der Waals surface area contributed by atoms with Crippen molar-refractivity contribution in [1.82, 2.24) is 0 Å². The first-order valence-electron chi connectivity index (χ1n) is 6.71. The molecule has 1 aliphatic rings. The molecule has 0 aliphatic carbocycles. The van der Waals surface area contributed by atoms with Gasteiger partial charge in [-0.2, -0.15) is 0 Å². The number of rotatable bonds is 4. The third-order valence-corrected chi connectivity index (χ3v) is 3.20. The van der Waals surface area contributed by atoms with Crippen LogP contribution in [-0.4, -0.2) is 23.5 Å². The van der Waals surface area contributed by atoms with E-state index in [4.69, 9.17) is 14.3 Å². The zero-order valence-electron chi connectivity index (χ0n) is 11.6. The molecule has 1 N–H and O–H groups in total. The number of nitrogens with zero attached hydrogens (tertiary/aromatic N) is 1. The standard InChI is InChI=1S/C16H13NO5/c18-15(19)7-8-17-12-5-1-2-6-13(12)22-14(16(17)20)10-11-4-3-9-21-11/h1-6,9-10H,7-8H2,(H,18,19)/b14-10+. The van der Waals surface area contributed by atoms with Crippen LogP contribution in [0.3, 0.4) is 0 Å². The molecule has 0 radical (unpaired) electrons. The summed E-state index contributed by atoms with van der Waals surface area (Å²) in [5.41, 5.74) is 0.561. The number of ether oxygens (including phenoxy) is 1. The van der Waals surface area contributed by atoms with Crippen LogP contribution in [0.5, 0.6) is 5.75 Å². The average molecular weight is 299 g/mol. The van der Waals surface area contributed by atoms with Gasteiger partial charge in [0, 0.05) is 12.6 Å². The largest absolute Gasteiger partial charge is 0.481 e. The van der Waals surface area contributed by atoms with Crippen molar-refractivity contribution in [2.45, 2.75) is 6.42 Å². The Morgan fingerprint density at radius 2 is 2.05 bits per heavy atom. The van der Waals surface area contributed by atoms with Crippen LogP contribution < -0.4 is 9.64 Å². The van der Waals surface area contributed by atoms with Crippen molar-refractivity contribution in [3.63, 3.8) is 0 Å². The second-order valence-electron chi connectivity index (χ2n) is 4.69. The van der Waals surface area contributed by atoms with E-state index in [0.29, 0.717) is 17.2 Å². The van der Waals surface area contributed by atoms with Gasteiger partial charge in [0.15, 0.2) is 11.5 Å². The number of para-hydroxylation sites is 2. The molecule has 3 rings (SSSR count). The molecule has 2 heterocycles. The van der Waals surface area contributed by atoms with Gasteiger partial charge in [0.2, 0.25) is 0 Å². The first kappa shape index (κ1) is 13.9. The van der Waals surface area contributed by atoms with Gasteiger partial charge in [0.25, 0.3) is 5.91 Å². The minimum atomic E-state index is -0.965. The lowest BCUT2D eigenvalue weighted by Gasteiger charge is -2.30. The van der Waals surface area contributed by atoms with Crippen LogP contribution >= 0.6 is 0 Å². The number of benzene rings is 1. The van der Waals surface area contributed by atoms with Crippen LogP contribution in [0.1, 0.15) is 12.2 Å². The van der Waals surface area contributed by atoms with Gasteiger partial charge in [-0.1, -0.05) is 12.1 Å². The van der Waals surface area contributed by atoms with Crippen molar-refractivity contribution in [2.24, 2.45) is 0 Å². The minimum absolute atomic E-state index is 0.0734. The number of hydrogen-bond acceptors (Lipinski definition) is 4. The van der Waals surface area contributed by atoms with Gasteiger partial charge < -0.3 is 19.2 Å². The summed E-state index contributed by atoms with van der Waals surface area (Å²) in [7, 11) is 0. The summed E-state index contributed by atoms with van der Waals surface area (Å²) in [5.74, 6) is -0.269. The van der Waals surface area contributed by atoms with E-state index in [9.17, 15) is 9.59 Å². The molecule has 0 saturated carbocycles. The molecular formula is C16H13NO5. The number of anilines is 1. The van der Waals surface area contributed by atoms with Crippen molar-refractivity contribution in [1.29, 1.82) is 0 Å². The zero-order chi connectivity index (χ0) is 15.5. The van der Waals surface area contributed by atoms with E-state index in [1.807, 2.05) is 0 Å². The quantitative estimate of drug-likeness (QED) is 0.877. The fraction of sp³-hybridized carbons (Fsp3) is 0.125. The van der Waals surface area contributed by atoms with E-state index in [-0.39, 0.29) is 18.7 Å². The molecular weight excluding hydrogens is 286 g/mol. The lowest BCUT2D eigenvalue weighted by molar-refractivity contribution is -0.136. The van der Waals surface area contributed by atoms with Gasteiger partial charge in [-0.3, -0.25) is 9.59 Å². The molecule has 0 atom stereocenters. The highest BCUT2D eigenvalue weighted by atomic mass is 16.5. The Kier molecular flexibility index (Phi) is 3.65. The van der Waals surface area contributed by atoms with Crippen molar-refractivity contribution in [2.75, 3.05) is 11.4 Å². The van der Waals surface area contributed by atoms with Crippen molar-refractivity contribution < 1.29 is 23.8 Å². The number of carboxylic acid groups (broad SMARTS) is 1. The predicted molar refractivity (Wildman–Crippen MR) is 78.4 cm³/mol. The smallest absolute Gasteiger partial charge is 0.305 e. The fourth-order valence-electron chi connectivity index (χ4n) is 2.19. The van der Waals surface area contributed by atoms with E-state index in [2.05, 4.69) is 0 Å². The SMILES string of the molecule is O=C(O)CCN1C(=O)/C(=C\c2ccco2)Oc2ccccc21. The Morgan fingerprint density at radius 1 is 1.23 bits per heavy atom. The number of furan rings is 1. The molecule has 0 unspecified atom stereocenters. The maximum absolute atomic E-state index is 12.5. The summed E-state index contributed by atoms with van der Waals surface area (Å²) in [5, 5.41) is 8.85. The first-order valence-corrected chi connectivity index (χ1v) is 6.71. The van der Waals surface area contributed by atoms with Crippen LogP contribution in [0.15, 0.2) is 52.8 Å². The Labute approximate surface area is 126 Å². The topological polar surface area (TPSA) is 80.0 Å². The number of carboxylic acids is 1. The number of hydrogen-bond donors (Lipinski definition) is 1. The summed E-state index contributed by atoms with van der Waals surface area (Å²) in [6.45, 7) is 0.0734. The fourth-order valence-corrected chi connectivity index (χ4v) is 2.19. The van der Waals surface area contributed by atoms with Crippen molar-refractivity contribution in [3.05, 3.63) is 54.2 Å². The molecule has 0 fully saturated rings.